The van der Waals surface area contributed by atoms with Crippen molar-refractivity contribution in [3.63, 3.8) is 0 Å². The van der Waals surface area contributed by atoms with E-state index in [9.17, 15) is 0 Å². The number of hydrogen-bond donors (Lipinski definition) is 0. The van der Waals surface area contributed by atoms with Gasteiger partial charge in [0.2, 0.25) is 0 Å². The highest BCUT2D eigenvalue weighted by Crippen LogP contribution is 2.49. The molecule has 3 heteroatoms. The highest BCUT2D eigenvalue weighted by Gasteiger charge is 2.25. The van der Waals surface area contributed by atoms with Gasteiger partial charge in [0, 0.05) is 44.5 Å². The molecule has 72 heavy (non-hydrogen) atoms. The minimum absolute atomic E-state index is 0.659. The molecule has 338 valence electrons. The largest absolute Gasteiger partial charge is 0.246 e. The van der Waals surface area contributed by atoms with Crippen molar-refractivity contribution < 1.29 is 0 Å². The normalized spacial score (nSPS) is 11.1. The van der Waals surface area contributed by atoms with Crippen LogP contribution in [0.4, 0.5) is 0 Å². The fourth-order valence-corrected chi connectivity index (χ4v) is 9.75. The summed E-state index contributed by atoms with van der Waals surface area (Å²) < 4.78 is 0. The van der Waals surface area contributed by atoms with Crippen molar-refractivity contribution >= 4 is 0 Å². The monoisotopic (exact) mass is 917 g/mol. The summed E-state index contributed by atoms with van der Waals surface area (Å²) in [7, 11) is 0. The van der Waals surface area contributed by atoms with Gasteiger partial charge in [0.25, 0.3) is 0 Å². The number of benzene rings is 10. The van der Waals surface area contributed by atoms with Crippen molar-refractivity contribution in [3.8, 4) is 123 Å². The zero-order valence-electron chi connectivity index (χ0n) is 39.5. The van der Waals surface area contributed by atoms with Gasteiger partial charge in [-0.25, -0.2) is 15.0 Å². The third-order valence-corrected chi connectivity index (χ3v) is 13.3. The number of hydrogen-bond acceptors (Lipinski definition) is 3. The van der Waals surface area contributed by atoms with Crippen molar-refractivity contribution in [3.05, 3.63) is 285 Å². The van der Waals surface area contributed by atoms with E-state index >= 15 is 0 Å². The maximum atomic E-state index is 5.66. The molecule has 10 aromatic carbocycles. The fraction of sp³-hybridized carbons (Fsp3) is 0. The molecule has 0 atom stereocenters. The zero-order chi connectivity index (χ0) is 48.1. The molecule has 0 aliphatic carbocycles. The van der Waals surface area contributed by atoms with E-state index in [1.165, 1.54) is 11.1 Å². The zero-order valence-corrected chi connectivity index (χ0v) is 39.5. The Morgan fingerprint density at radius 1 is 0.167 bits per heavy atom. The van der Waals surface area contributed by atoms with Crippen molar-refractivity contribution in [1.29, 1.82) is 0 Å². The summed E-state index contributed by atoms with van der Waals surface area (Å²) >= 11 is 0. The summed E-state index contributed by atoms with van der Waals surface area (Å²) in [5, 5.41) is 0. The minimum atomic E-state index is 0.659. The lowest BCUT2D eigenvalue weighted by molar-refractivity contribution is 1.18. The molecule has 0 saturated heterocycles. The number of rotatable bonds is 11. The summed E-state index contributed by atoms with van der Waals surface area (Å²) in [4.78, 5) is 16.3. The molecular weight excluding hydrogens is 871 g/mol. The highest BCUT2D eigenvalue weighted by atomic mass is 14.9. The Kier molecular flexibility index (Phi) is 12.0. The first-order valence-corrected chi connectivity index (χ1v) is 24.4. The van der Waals surface area contributed by atoms with E-state index in [0.717, 1.165) is 106 Å². The summed E-state index contributed by atoms with van der Waals surface area (Å²) in [5.41, 5.74) is 22.0. The highest BCUT2D eigenvalue weighted by molar-refractivity contribution is 6.05. The topological polar surface area (TPSA) is 38.7 Å². The van der Waals surface area contributed by atoms with Gasteiger partial charge in [-0.15, -0.1) is 0 Å². The molecule has 0 saturated carbocycles. The molecule has 0 spiro atoms. The molecule has 0 aliphatic heterocycles. The van der Waals surface area contributed by atoms with E-state index in [4.69, 9.17) is 15.0 Å². The molecular formula is C69H47N3. The van der Waals surface area contributed by atoms with Gasteiger partial charge < -0.3 is 0 Å². The molecule has 3 nitrogen and oxygen atoms in total. The Balaban J connectivity index is 1.02. The van der Waals surface area contributed by atoms with E-state index < -0.39 is 0 Å². The van der Waals surface area contributed by atoms with Crippen molar-refractivity contribution in [1.82, 2.24) is 15.0 Å². The van der Waals surface area contributed by atoms with Gasteiger partial charge in [0.1, 0.15) is 0 Å². The van der Waals surface area contributed by atoms with Crippen molar-refractivity contribution in [2.45, 2.75) is 0 Å². The lowest BCUT2D eigenvalue weighted by Crippen LogP contribution is -2.01. The number of pyridine rings is 1. The number of aromatic nitrogens is 3. The van der Waals surface area contributed by atoms with Gasteiger partial charge in [-0.1, -0.05) is 267 Å². The fourth-order valence-electron chi connectivity index (χ4n) is 9.75. The molecule has 12 rings (SSSR count). The van der Waals surface area contributed by atoms with Gasteiger partial charge >= 0.3 is 0 Å². The SMILES string of the molecule is c1ccc(-c2ccc(-c3cc(-c4ccc(-c5ccccc5)cc4)nc(-c4cccc(-c5cccc(-c6c(-c7ccccc7)c(-c7ccccc7)nc(-c7ccccc7)c6-c6ccccc6)c5)c4)n3)cc2)cc1. The maximum absolute atomic E-state index is 5.66. The van der Waals surface area contributed by atoms with Crippen LogP contribution in [0.2, 0.25) is 0 Å². The Morgan fingerprint density at radius 3 is 0.861 bits per heavy atom. The molecule has 0 fully saturated rings. The van der Waals surface area contributed by atoms with Gasteiger partial charge in [0.05, 0.1) is 22.8 Å². The van der Waals surface area contributed by atoms with Crippen molar-refractivity contribution in [2.75, 3.05) is 0 Å². The van der Waals surface area contributed by atoms with E-state index in [1.807, 2.05) is 12.1 Å². The second-order valence-corrected chi connectivity index (χ2v) is 17.9. The molecule has 0 amide bonds. The van der Waals surface area contributed by atoms with Gasteiger partial charge in [-0.3, -0.25) is 0 Å². The third kappa shape index (κ3) is 8.95. The molecule has 2 heterocycles. The van der Waals surface area contributed by atoms with Gasteiger partial charge in [0.15, 0.2) is 5.82 Å². The smallest absolute Gasteiger partial charge is 0.160 e. The number of nitrogens with zero attached hydrogens (tertiary/aromatic N) is 3. The second kappa shape index (κ2) is 19.8. The van der Waals surface area contributed by atoms with Crippen LogP contribution in [0, 0.1) is 0 Å². The van der Waals surface area contributed by atoms with Gasteiger partial charge in [-0.05, 0) is 68.3 Å². The average molecular weight is 918 g/mol. The van der Waals surface area contributed by atoms with Crippen LogP contribution in [0.1, 0.15) is 0 Å². The van der Waals surface area contributed by atoms with E-state index in [-0.39, 0.29) is 0 Å². The summed E-state index contributed by atoms with van der Waals surface area (Å²) in [6, 6.07) is 101. The molecule has 0 N–H and O–H groups in total. The standard InChI is InChI=1S/C69H47N3/c1-7-21-48(22-8-1)50-37-41-52(42-38-50)62-47-63(53-43-39-51(40-44-53)49-23-9-2-10-24-49)71-69(70-62)61-36-20-34-59(46-61)58-33-19-35-60(45-58)64-65(54-25-11-3-12-26-54)67(56-29-15-5-16-30-56)72-68(57-31-17-6-18-32-57)66(64)55-27-13-4-14-28-55/h1-47H. The molecule has 0 radical (unpaired) electrons. The molecule has 12 aromatic rings. The van der Waals surface area contributed by atoms with Crippen LogP contribution in [0.25, 0.3) is 123 Å². The first-order valence-electron chi connectivity index (χ1n) is 24.4. The Labute approximate surface area is 421 Å². The van der Waals surface area contributed by atoms with E-state index in [2.05, 4.69) is 273 Å². The molecule has 0 bridgehead atoms. The molecule has 0 aliphatic rings. The lowest BCUT2D eigenvalue weighted by atomic mass is 9.82. The van der Waals surface area contributed by atoms with E-state index in [1.54, 1.807) is 0 Å². The first kappa shape index (κ1) is 43.7. The molecule has 2 aromatic heterocycles. The predicted octanol–water partition coefficient (Wildman–Crippen LogP) is 18.2. The lowest BCUT2D eigenvalue weighted by Gasteiger charge is -2.23. The van der Waals surface area contributed by atoms with Crippen LogP contribution in [0.5, 0.6) is 0 Å². The van der Waals surface area contributed by atoms with Crippen LogP contribution in [-0.4, -0.2) is 15.0 Å². The Bertz CT molecular complexity index is 3580. The predicted molar refractivity (Wildman–Crippen MR) is 300 cm³/mol. The van der Waals surface area contributed by atoms with Crippen LogP contribution in [-0.2, 0) is 0 Å². The van der Waals surface area contributed by atoms with Crippen LogP contribution >= 0.6 is 0 Å². The quantitative estimate of drug-likeness (QED) is 0.130. The summed E-state index contributed by atoms with van der Waals surface area (Å²) in [6.07, 6.45) is 0. The Hall–Kier alpha value is -9.57. The van der Waals surface area contributed by atoms with Crippen LogP contribution in [0.15, 0.2) is 285 Å². The first-order chi connectivity index (χ1) is 35.7. The summed E-state index contributed by atoms with van der Waals surface area (Å²) in [6.45, 7) is 0. The van der Waals surface area contributed by atoms with Crippen molar-refractivity contribution in [2.24, 2.45) is 0 Å². The molecule has 0 unspecified atom stereocenters. The van der Waals surface area contributed by atoms with Crippen LogP contribution < -0.4 is 0 Å². The average Bonchev–Trinajstić information content (AvgIpc) is 3.48. The van der Waals surface area contributed by atoms with Crippen LogP contribution in [0.3, 0.4) is 0 Å². The summed E-state index contributed by atoms with van der Waals surface area (Å²) in [5.74, 6) is 0.659. The maximum Gasteiger partial charge on any atom is 0.160 e. The minimum Gasteiger partial charge on any atom is -0.246 e. The third-order valence-electron chi connectivity index (χ3n) is 13.3. The Morgan fingerprint density at radius 2 is 0.458 bits per heavy atom. The second-order valence-electron chi connectivity index (χ2n) is 17.9. The van der Waals surface area contributed by atoms with E-state index in [0.29, 0.717) is 5.82 Å². The van der Waals surface area contributed by atoms with Gasteiger partial charge in [-0.2, -0.15) is 0 Å².